The van der Waals surface area contributed by atoms with Crippen molar-refractivity contribution in [2.24, 2.45) is 0 Å². The van der Waals surface area contributed by atoms with Gasteiger partial charge in [0.25, 0.3) is 0 Å². The van der Waals surface area contributed by atoms with Crippen molar-refractivity contribution in [2.45, 2.75) is 43.9 Å². The number of hydrogen-bond acceptors (Lipinski definition) is 6. The third-order valence-corrected chi connectivity index (χ3v) is 8.49. The number of hydrogen-bond donors (Lipinski definition) is 0. The van der Waals surface area contributed by atoms with Crippen LogP contribution in [0.25, 0.3) is 11.3 Å². The molecular weight excluding hydrogens is 410 g/mol. The van der Waals surface area contributed by atoms with Crippen LogP contribution < -0.4 is 0 Å². The molecular formula is C20H23N3O2S3. The van der Waals surface area contributed by atoms with E-state index in [4.69, 9.17) is 4.98 Å². The minimum Gasteiger partial charge on any atom is -0.246 e. The van der Waals surface area contributed by atoms with Gasteiger partial charge < -0.3 is 0 Å². The first-order valence-electron chi connectivity index (χ1n) is 9.48. The van der Waals surface area contributed by atoms with Gasteiger partial charge in [-0.3, -0.25) is 0 Å². The average Bonchev–Trinajstić information content (AvgIpc) is 3.21. The number of aromatic nitrogens is 2. The lowest BCUT2D eigenvalue weighted by molar-refractivity contribution is 0.424. The topological polar surface area (TPSA) is 63.2 Å². The summed E-state index contributed by atoms with van der Waals surface area (Å²) in [6.45, 7) is 3.24. The van der Waals surface area contributed by atoms with Gasteiger partial charge in [0.1, 0.15) is 0 Å². The second-order valence-corrected chi connectivity index (χ2v) is 10.9. The molecule has 0 atom stereocenters. The van der Waals surface area contributed by atoms with Crippen LogP contribution in [0, 0.1) is 6.92 Å². The van der Waals surface area contributed by atoms with Crippen molar-refractivity contribution in [3.05, 3.63) is 50.7 Å². The fourth-order valence-electron chi connectivity index (χ4n) is 3.40. The van der Waals surface area contributed by atoms with Gasteiger partial charge in [-0.2, -0.15) is 4.31 Å². The predicted molar refractivity (Wildman–Crippen MR) is 114 cm³/mol. The van der Waals surface area contributed by atoms with Gasteiger partial charge in [0.05, 0.1) is 26.3 Å². The summed E-state index contributed by atoms with van der Waals surface area (Å²) in [7, 11) is -3.41. The van der Waals surface area contributed by atoms with Crippen molar-refractivity contribution < 1.29 is 8.42 Å². The maximum atomic E-state index is 12.9. The largest absolute Gasteiger partial charge is 0.246 e. The Morgan fingerprint density at radius 1 is 0.964 bits per heavy atom. The lowest BCUT2D eigenvalue weighted by Crippen LogP contribution is -2.31. The van der Waals surface area contributed by atoms with Crippen molar-refractivity contribution >= 4 is 32.7 Å². The minimum absolute atomic E-state index is 0.367. The molecule has 0 radical (unpaired) electrons. The summed E-state index contributed by atoms with van der Waals surface area (Å²) in [6.07, 6.45) is 4.83. The van der Waals surface area contributed by atoms with Crippen molar-refractivity contribution in [2.75, 3.05) is 13.1 Å². The highest BCUT2D eigenvalue weighted by Crippen LogP contribution is 2.26. The third kappa shape index (κ3) is 4.35. The highest BCUT2D eigenvalue weighted by Gasteiger charge is 2.25. The molecule has 0 bridgehead atoms. The number of sulfonamides is 1. The normalized spacial score (nSPS) is 16.2. The van der Waals surface area contributed by atoms with E-state index in [2.05, 4.69) is 10.4 Å². The molecule has 1 aliphatic rings. The van der Waals surface area contributed by atoms with Gasteiger partial charge in [-0.15, -0.1) is 22.7 Å². The van der Waals surface area contributed by atoms with Crippen LogP contribution in [0.2, 0.25) is 0 Å². The second-order valence-electron chi connectivity index (χ2n) is 7.00. The molecule has 0 unspecified atom stereocenters. The first-order valence-corrected chi connectivity index (χ1v) is 12.7. The summed E-state index contributed by atoms with van der Waals surface area (Å²) in [5.74, 6) is 0. The Morgan fingerprint density at radius 3 is 2.32 bits per heavy atom. The van der Waals surface area contributed by atoms with Gasteiger partial charge in [-0.25, -0.2) is 18.4 Å². The molecule has 0 amide bonds. The van der Waals surface area contributed by atoms with Crippen LogP contribution in [-0.2, 0) is 16.4 Å². The van der Waals surface area contributed by atoms with Crippen LogP contribution in [0.3, 0.4) is 0 Å². The zero-order valence-electron chi connectivity index (χ0n) is 15.8. The van der Waals surface area contributed by atoms with E-state index >= 15 is 0 Å². The molecule has 1 aromatic carbocycles. The fraction of sp³-hybridized carbons (Fsp3) is 0.400. The highest BCUT2D eigenvalue weighted by molar-refractivity contribution is 7.89. The van der Waals surface area contributed by atoms with E-state index in [1.54, 1.807) is 39.1 Å². The van der Waals surface area contributed by atoms with E-state index in [-0.39, 0.29) is 0 Å². The zero-order valence-corrected chi connectivity index (χ0v) is 18.2. The van der Waals surface area contributed by atoms with E-state index < -0.39 is 10.0 Å². The zero-order chi connectivity index (χ0) is 19.6. The smallest absolute Gasteiger partial charge is 0.243 e. The van der Waals surface area contributed by atoms with Gasteiger partial charge >= 0.3 is 0 Å². The number of rotatable bonds is 5. The maximum Gasteiger partial charge on any atom is 0.243 e. The lowest BCUT2D eigenvalue weighted by Gasteiger charge is -2.19. The Labute approximate surface area is 174 Å². The molecule has 3 heterocycles. The molecule has 148 valence electrons. The number of nitrogens with zero attached hydrogens (tertiary/aromatic N) is 3. The Kier molecular flexibility index (Phi) is 5.91. The van der Waals surface area contributed by atoms with E-state index in [9.17, 15) is 8.42 Å². The molecule has 28 heavy (non-hydrogen) atoms. The standard InChI is InChI=1S/C20H23N3O2S3/c1-15-21-17(13-26-15)12-20-22-19(14-27-20)16-6-8-18(9-7-16)28(24,25)23-10-4-2-3-5-11-23/h6-9,13-14H,2-5,10-12H2,1H3. The van der Waals surface area contributed by atoms with Gasteiger partial charge in [0, 0.05) is 35.8 Å². The number of benzene rings is 1. The van der Waals surface area contributed by atoms with Crippen LogP contribution >= 0.6 is 22.7 Å². The quantitative estimate of drug-likeness (QED) is 0.583. The molecule has 0 spiro atoms. The molecule has 4 rings (SSSR count). The molecule has 3 aromatic rings. The SMILES string of the molecule is Cc1nc(Cc2nc(-c3ccc(S(=O)(=O)N4CCCCCC4)cc3)cs2)cs1. The highest BCUT2D eigenvalue weighted by atomic mass is 32.2. The summed E-state index contributed by atoms with van der Waals surface area (Å²) in [4.78, 5) is 9.56. The Morgan fingerprint density at radius 2 is 1.68 bits per heavy atom. The fourth-order valence-corrected chi connectivity index (χ4v) is 6.35. The summed E-state index contributed by atoms with van der Waals surface area (Å²) < 4.78 is 27.4. The summed E-state index contributed by atoms with van der Waals surface area (Å²) in [5, 5.41) is 6.17. The molecule has 1 aliphatic heterocycles. The predicted octanol–water partition coefficient (Wildman–Crippen LogP) is 4.73. The first-order chi connectivity index (χ1) is 13.5. The van der Waals surface area contributed by atoms with E-state index in [1.165, 1.54) is 0 Å². The molecule has 0 saturated carbocycles. The van der Waals surface area contributed by atoms with Gasteiger partial charge in [-0.1, -0.05) is 25.0 Å². The molecule has 0 N–H and O–H groups in total. The Hall–Kier alpha value is -1.61. The number of thiazole rings is 2. The monoisotopic (exact) mass is 433 g/mol. The maximum absolute atomic E-state index is 12.9. The molecule has 8 heteroatoms. The average molecular weight is 434 g/mol. The lowest BCUT2D eigenvalue weighted by atomic mass is 10.2. The molecule has 2 aromatic heterocycles. The van der Waals surface area contributed by atoms with Gasteiger partial charge in [0.15, 0.2) is 0 Å². The van der Waals surface area contributed by atoms with Crippen LogP contribution in [0.1, 0.15) is 41.4 Å². The van der Waals surface area contributed by atoms with Crippen LogP contribution in [0.5, 0.6) is 0 Å². The van der Waals surface area contributed by atoms with Gasteiger partial charge in [-0.05, 0) is 31.9 Å². The molecule has 1 fully saturated rings. The van der Waals surface area contributed by atoms with Crippen molar-refractivity contribution in [3.8, 4) is 11.3 Å². The van der Waals surface area contributed by atoms with Crippen molar-refractivity contribution in [1.29, 1.82) is 0 Å². The van der Waals surface area contributed by atoms with E-state index in [0.717, 1.165) is 59.1 Å². The summed E-state index contributed by atoms with van der Waals surface area (Å²) in [6, 6.07) is 7.13. The Bertz CT molecular complexity index is 1030. The number of aryl methyl sites for hydroxylation is 1. The van der Waals surface area contributed by atoms with Crippen molar-refractivity contribution in [1.82, 2.24) is 14.3 Å². The van der Waals surface area contributed by atoms with Crippen LogP contribution in [0.15, 0.2) is 39.9 Å². The minimum atomic E-state index is -3.41. The van der Waals surface area contributed by atoms with Crippen molar-refractivity contribution in [3.63, 3.8) is 0 Å². The molecule has 0 aliphatic carbocycles. The third-order valence-electron chi connectivity index (χ3n) is 4.90. The van der Waals surface area contributed by atoms with E-state index in [0.29, 0.717) is 18.0 Å². The summed E-state index contributed by atoms with van der Waals surface area (Å²) in [5.41, 5.74) is 2.86. The van der Waals surface area contributed by atoms with Crippen LogP contribution in [-0.4, -0.2) is 35.8 Å². The summed E-state index contributed by atoms with van der Waals surface area (Å²) >= 11 is 3.26. The second kappa shape index (κ2) is 8.41. The van der Waals surface area contributed by atoms with E-state index in [1.807, 2.05) is 24.4 Å². The van der Waals surface area contributed by atoms with Gasteiger partial charge in [0.2, 0.25) is 10.0 Å². The van der Waals surface area contributed by atoms with Crippen LogP contribution in [0.4, 0.5) is 0 Å². The Balaban J connectivity index is 1.50. The first kappa shape index (κ1) is 19.7. The molecule has 1 saturated heterocycles. The molecule has 5 nitrogen and oxygen atoms in total.